The van der Waals surface area contributed by atoms with Crippen molar-refractivity contribution in [2.45, 2.75) is 45.8 Å². The average Bonchev–Trinajstić information content (AvgIpc) is 3.30. The monoisotopic (exact) mass is 404 g/mol. The lowest BCUT2D eigenvalue weighted by Gasteiger charge is -2.24. The van der Waals surface area contributed by atoms with Crippen molar-refractivity contribution in [2.24, 2.45) is 5.92 Å². The Morgan fingerprint density at radius 2 is 2.28 bits per heavy atom. The molecular weight excluding hydrogens is 375 g/mol. The maximum absolute atomic E-state index is 13.9. The number of nitrogens with zero attached hydrogens (tertiary/aromatic N) is 3. The molecule has 3 N–H and O–H groups in total. The Kier molecular flexibility index (Phi) is 6.24. The van der Waals surface area contributed by atoms with Crippen molar-refractivity contribution in [1.29, 1.82) is 0 Å². The van der Waals surface area contributed by atoms with E-state index in [0.717, 1.165) is 36.7 Å². The highest BCUT2D eigenvalue weighted by Gasteiger charge is 2.27. The smallest absolute Gasteiger partial charge is 0.407 e. The first-order valence-electron chi connectivity index (χ1n) is 9.84. The minimum Gasteiger partial charge on any atom is -0.444 e. The molecule has 0 radical (unpaired) electrons. The zero-order valence-electron chi connectivity index (χ0n) is 17.3. The van der Waals surface area contributed by atoms with E-state index in [1.807, 2.05) is 33.8 Å². The topological polar surface area (TPSA) is 95.2 Å². The van der Waals surface area contributed by atoms with Gasteiger partial charge in [0, 0.05) is 25.2 Å². The Hall–Kier alpha value is -2.84. The molecule has 2 aromatic rings. The van der Waals surface area contributed by atoms with Crippen molar-refractivity contribution < 1.29 is 13.9 Å². The van der Waals surface area contributed by atoms with E-state index in [-0.39, 0.29) is 17.8 Å². The van der Waals surface area contributed by atoms with Crippen LogP contribution in [0.3, 0.4) is 0 Å². The molecule has 1 aliphatic heterocycles. The third kappa shape index (κ3) is 5.82. The SMILES string of the molecule is CC(Nc1ccn[nH]1)c1cc(F)cnc1N1CCC(CNC(=O)OC(C)(C)C)C1. The molecule has 9 heteroatoms. The van der Waals surface area contributed by atoms with Crippen molar-refractivity contribution in [1.82, 2.24) is 20.5 Å². The van der Waals surface area contributed by atoms with Crippen LogP contribution in [0.25, 0.3) is 0 Å². The highest BCUT2D eigenvalue weighted by molar-refractivity contribution is 5.67. The fourth-order valence-electron chi connectivity index (χ4n) is 3.41. The van der Waals surface area contributed by atoms with Crippen molar-refractivity contribution in [3.8, 4) is 0 Å². The summed E-state index contributed by atoms with van der Waals surface area (Å²) in [5, 5.41) is 12.9. The van der Waals surface area contributed by atoms with Crippen LogP contribution in [0.1, 0.15) is 45.7 Å². The molecule has 0 spiro atoms. The van der Waals surface area contributed by atoms with Gasteiger partial charge in [0.05, 0.1) is 18.4 Å². The van der Waals surface area contributed by atoms with Gasteiger partial charge in [0.15, 0.2) is 0 Å². The first kappa shape index (κ1) is 20.9. The number of hydrogen-bond acceptors (Lipinski definition) is 6. The van der Waals surface area contributed by atoms with E-state index in [2.05, 4.69) is 30.7 Å². The van der Waals surface area contributed by atoms with Crippen LogP contribution in [0, 0.1) is 11.7 Å². The molecule has 0 bridgehead atoms. The molecule has 0 aromatic carbocycles. The van der Waals surface area contributed by atoms with Gasteiger partial charge in [-0.05, 0) is 52.2 Å². The van der Waals surface area contributed by atoms with Crippen LogP contribution in [-0.4, -0.2) is 46.5 Å². The van der Waals surface area contributed by atoms with Gasteiger partial charge in [-0.25, -0.2) is 14.2 Å². The van der Waals surface area contributed by atoms with Crippen molar-refractivity contribution in [3.63, 3.8) is 0 Å². The first-order chi connectivity index (χ1) is 13.7. The van der Waals surface area contributed by atoms with Crippen LogP contribution in [0.2, 0.25) is 0 Å². The van der Waals surface area contributed by atoms with E-state index >= 15 is 0 Å². The molecule has 1 fully saturated rings. The number of carbonyl (C=O) groups excluding carboxylic acids is 1. The lowest BCUT2D eigenvalue weighted by molar-refractivity contribution is 0.0520. The molecular formula is C20H29FN6O2. The number of H-pyrrole nitrogens is 1. The Morgan fingerprint density at radius 3 is 2.97 bits per heavy atom. The van der Waals surface area contributed by atoms with Crippen molar-refractivity contribution in [3.05, 3.63) is 35.9 Å². The molecule has 0 saturated carbocycles. The largest absolute Gasteiger partial charge is 0.444 e. The number of nitrogens with one attached hydrogen (secondary N) is 3. The Morgan fingerprint density at radius 1 is 1.48 bits per heavy atom. The second-order valence-corrected chi connectivity index (χ2v) is 8.39. The minimum atomic E-state index is -0.517. The highest BCUT2D eigenvalue weighted by atomic mass is 19.1. The molecule has 3 rings (SSSR count). The summed E-state index contributed by atoms with van der Waals surface area (Å²) in [6, 6.07) is 3.17. The van der Waals surface area contributed by atoms with Gasteiger partial charge in [0.25, 0.3) is 0 Å². The number of pyridine rings is 1. The molecule has 2 aromatic heterocycles. The number of hydrogen-bond donors (Lipinski definition) is 3. The van der Waals surface area contributed by atoms with Gasteiger partial charge in [0.1, 0.15) is 23.1 Å². The summed E-state index contributed by atoms with van der Waals surface area (Å²) in [6.45, 7) is 9.53. The van der Waals surface area contributed by atoms with E-state index in [9.17, 15) is 9.18 Å². The predicted molar refractivity (Wildman–Crippen MR) is 109 cm³/mol. The van der Waals surface area contributed by atoms with Gasteiger partial charge in [-0.2, -0.15) is 5.10 Å². The summed E-state index contributed by atoms with van der Waals surface area (Å²) in [7, 11) is 0. The Labute approximate surface area is 170 Å². The molecule has 8 nitrogen and oxygen atoms in total. The number of anilines is 2. The predicted octanol–water partition coefficient (Wildman–Crippen LogP) is 3.47. The quantitative estimate of drug-likeness (QED) is 0.682. The number of ether oxygens (including phenoxy) is 1. The van der Waals surface area contributed by atoms with Gasteiger partial charge in [-0.1, -0.05) is 0 Å². The van der Waals surface area contributed by atoms with E-state index in [4.69, 9.17) is 4.74 Å². The number of aromatic nitrogens is 3. The molecule has 2 unspecified atom stereocenters. The third-order valence-corrected chi connectivity index (χ3v) is 4.72. The van der Waals surface area contributed by atoms with Crippen LogP contribution >= 0.6 is 0 Å². The van der Waals surface area contributed by atoms with E-state index in [0.29, 0.717) is 6.54 Å². The molecule has 3 heterocycles. The number of aromatic amines is 1. The van der Waals surface area contributed by atoms with Crippen LogP contribution in [0.4, 0.5) is 20.8 Å². The molecule has 1 amide bonds. The minimum absolute atomic E-state index is 0.160. The lowest BCUT2D eigenvalue weighted by Crippen LogP contribution is -2.36. The Bertz CT molecular complexity index is 821. The summed E-state index contributed by atoms with van der Waals surface area (Å²) < 4.78 is 19.2. The van der Waals surface area contributed by atoms with E-state index in [1.165, 1.54) is 12.3 Å². The summed E-state index contributed by atoms with van der Waals surface area (Å²) in [5.41, 5.74) is 0.261. The number of carbonyl (C=O) groups is 1. The lowest BCUT2D eigenvalue weighted by atomic mass is 10.1. The molecule has 1 saturated heterocycles. The number of alkyl carbamates (subject to hydrolysis) is 1. The van der Waals surface area contributed by atoms with E-state index < -0.39 is 11.7 Å². The Balaban J connectivity index is 1.63. The second kappa shape index (κ2) is 8.67. The molecule has 2 atom stereocenters. The number of rotatable bonds is 6. The molecule has 29 heavy (non-hydrogen) atoms. The van der Waals surface area contributed by atoms with E-state index in [1.54, 1.807) is 6.20 Å². The number of amides is 1. The number of halogens is 1. The average molecular weight is 404 g/mol. The maximum atomic E-state index is 13.9. The summed E-state index contributed by atoms with van der Waals surface area (Å²) >= 11 is 0. The van der Waals surface area contributed by atoms with Crippen molar-refractivity contribution in [2.75, 3.05) is 29.9 Å². The molecule has 158 valence electrons. The van der Waals surface area contributed by atoms with Gasteiger partial charge in [-0.3, -0.25) is 5.10 Å². The highest BCUT2D eigenvalue weighted by Crippen LogP contribution is 2.30. The van der Waals surface area contributed by atoms with Crippen LogP contribution < -0.4 is 15.5 Å². The van der Waals surface area contributed by atoms with Crippen LogP contribution in [0.5, 0.6) is 0 Å². The maximum Gasteiger partial charge on any atom is 0.407 e. The zero-order valence-corrected chi connectivity index (χ0v) is 17.3. The summed E-state index contributed by atoms with van der Waals surface area (Å²) in [6.07, 6.45) is 3.40. The normalized spacial score (nSPS) is 17.8. The summed E-state index contributed by atoms with van der Waals surface area (Å²) in [5.74, 6) is 1.42. The van der Waals surface area contributed by atoms with Gasteiger partial charge >= 0.3 is 6.09 Å². The second-order valence-electron chi connectivity index (χ2n) is 8.39. The van der Waals surface area contributed by atoms with Gasteiger partial charge in [0.2, 0.25) is 0 Å². The van der Waals surface area contributed by atoms with Crippen LogP contribution in [-0.2, 0) is 4.74 Å². The fourth-order valence-corrected chi connectivity index (χ4v) is 3.41. The first-order valence-corrected chi connectivity index (χ1v) is 9.84. The van der Waals surface area contributed by atoms with Gasteiger partial charge in [-0.15, -0.1) is 0 Å². The summed E-state index contributed by atoms with van der Waals surface area (Å²) in [4.78, 5) is 18.4. The zero-order chi connectivity index (χ0) is 21.0. The van der Waals surface area contributed by atoms with Crippen molar-refractivity contribution >= 4 is 17.7 Å². The van der Waals surface area contributed by atoms with Crippen LogP contribution in [0.15, 0.2) is 24.5 Å². The standard InChI is InChI=1S/C20H29FN6O2/c1-13(25-17-5-7-24-26-17)16-9-15(21)11-22-18(16)27-8-6-14(12-27)10-23-19(28)29-20(2,3)4/h5,7,9,11,13-14H,6,8,10,12H2,1-4H3,(H,23,28)(H2,24,25,26). The molecule has 1 aliphatic rings. The molecule has 0 aliphatic carbocycles. The van der Waals surface area contributed by atoms with Gasteiger partial charge < -0.3 is 20.3 Å². The fraction of sp³-hybridized carbons (Fsp3) is 0.550. The third-order valence-electron chi connectivity index (χ3n) is 4.72.